The molecule has 1 fully saturated rings. The molecule has 0 radical (unpaired) electrons. The first-order chi connectivity index (χ1) is 10.2. The van der Waals surface area contributed by atoms with Crippen molar-refractivity contribution in [3.8, 4) is 0 Å². The highest BCUT2D eigenvalue weighted by atomic mass is 16.7. The van der Waals surface area contributed by atoms with Crippen molar-refractivity contribution < 1.29 is 14.1 Å². The Balaban J connectivity index is 2.18. The van der Waals surface area contributed by atoms with Gasteiger partial charge in [-0.05, 0) is 51.2 Å². The van der Waals surface area contributed by atoms with E-state index in [9.17, 15) is 4.79 Å². The lowest BCUT2D eigenvalue weighted by atomic mass is 9.78. The third-order valence-electron chi connectivity index (χ3n) is 4.70. The minimum atomic E-state index is -0.369. The number of hydrogen-bond acceptors (Lipinski definition) is 3. The van der Waals surface area contributed by atoms with Crippen LogP contribution in [0, 0.1) is 6.92 Å². The van der Waals surface area contributed by atoms with Gasteiger partial charge in [0.1, 0.15) is 0 Å². The van der Waals surface area contributed by atoms with Gasteiger partial charge in [0.2, 0.25) is 5.91 Å². The monoisotopic (exact) mass is 303 g/mol. The van der Waals surface area contributed by atoms with E-state index < -0.39 is 0 Å². The van der Waals surface area contributed by atoms with Crippen LogP contribution >= 0.6 is 0 Å². The third-order valence-corrected chi connectivity index (χ3v) is 4.70. The van der Waals surface area contributed by atoms with Gasteiger partial charge < -0.3 is 14.6 Å². The second-order valence-corrected chi connectivity index (χ2v) is 6.90. The Morgan fingerprint density at radius 2 is 1.77 bits per heavy atom. The second-order valence-electron chi connectivity index (χ2n) is 6.90. The summed E-state index contributed by atoms with van der Waals surface area (Å²) in [5.74, 6) is 0.0560. The summed E-state index contributed by atoms with van der Waals surface area (Å²) >= 11 is 0. The molecule has 0 saturated carbocycles. The van der Waals surface area contributed by atoms with Crippen LogP contribution in [0.3, 0.4) is 0 Å². The van der Waals surface area contributed by atoms with E-state index in [0.29, 0.717) is 13.0 Å². The molecule has 5 heteroatoms. The van der Waals surface area contributed by atoms with Crippen LogP contribution < -0.4 is 10.8 Å². The predicted octanol–water partition coefficient (Wildman–Crippen LogP) is 2.32. The molecule has 0 unspecified atom stereocenters. The molecule has 0 bridgehead atoms. The van der Waals surface area contributed by atoms with E-state index in [2.05, 4.69) is 11.4 Å². The number of carbonyl (C=O) groups excluding carboxylic acids is 1. The van der Waals surface area contributed by atoms with Crippen LogP contribution in [0.25, 0.3) is 0 Å². The standard InChI is InChI=1S/C17H26BNO3/c1-7-15(20)19-11-13-10-14(9-8-12(13)2)18-21-16(3,4)17(5,6)22-18/h8-10H,7,11H2,1-6H3,(H,19,20). The maximum atomic E-state index is 11.4. The molecule has 0 spiro atoms. The fourth-order valence-corrected chi connectivity index (χ4v) is 2.33. The van der Waals surface area contributed by atoms with Gasteiger partial charge in [-0.2, -0.15) is 0 Å². The lowest BCUT2D eigenvalue weighted by molar-refractivity contribution is -0.120. The normalized spacial score (nSPS) is 19.3. The smallest absolute Gasteiger partial charge is 0.399 e. The fourth-order valence-electron chi connectivity index (χ4n) is 2.33. The van der Waals surface area contributed by atoms with E-state index in [1.165, 1.54) is 0 Å². The second kappa shape index (κ2) is 6.05. The Labute approximate surface area is 133 Å². The first-order valence-corrected chi connectivity index (χ1v) is 7.88. The predicted molar refractivity (Wildman–Crippen MR) is 89.0 cm³/mol. The largest absolute Gasteiger partial charge is 0.494 e. The van der Waals surface area contributed by atoms with Crippen molar-refractivity contribution in [2.45, 2.75) is 65.7 Å². The molecule has 1 heterocycles. The first-order valence-electron chi connectivity index (χ1n) is 7.88. The molecule has 1 aromatic rings. The van der Waals surface area contributed by atoms with Crippen molar-refractivity contribution >= 4 is 18.5 Å². The molecule has 120 valence electrons. The first kappa shape index (κ1) is 17.0. The van der Waals surface area contributed by atoms with Crippen LogP contribution in [0.5, 0.6) is 0 Å². The number of nitrogens with one attached hydrogen (secondary N) is 1. The van der Waals surface area contributed by atoms with Crippen LogP contribution in [-0.2, 0) is 20.6 Å². The Hall–Kier alpha value is -1.33. The molecular weight excluding hydrogens is 277 g/mol. The van der Waals surface area contributed by atoms with E-state index in [1.807, 2.05) is 53.7 Å². The van der Waals surface area contributed by atoms with E-state index in [4.69, 9.17) is 9.31 Å². The Morgan fingerprint density at radius 3 is 2.32 bits per heavy atom. The minimum absolute atomic E-state index is 0.0560. The van der Waals surface area contributed by atoms with E-state index in [0.717, 1.165) is 16.6 Å². The summed E-state index contributed by atoms with van der Waals surface area (Å²) in [5.41, 5.74) is 2.54. The van der Waals surface area contributed by atoms with Crippen molar-refractivity contribution in [1.82, 2.24) is 5.32 Å². The van der Waals surface area contributed by atoms with Crippen molar-refractivity contribution in [3.63, 3.8) is 0 Å². The van der Waals surface area contributed by atoms with Gasteiger partial charge in [0.05, 0.1) is 11.2 Å². The molecule has 0 atom stereocenters. The fraction of sp³-hybridized carbons (Fsp3) is 0.588. The number of carbonyl (C=O) groups is 1. The summed E-state index contributed by atoms with van der Waals surface area (Å²) in [5, 5.41) is 2.92. The lowest BCUT2D eigenvalue weighted by Crippen LogP contribution is -2.41. The average Bonchev–Trinajstić information content (AvgIpc) is 2.66. The van der Waals surface area contributed by atoms with Crippen molar-refractivity contribution in [1.29, 1.82) is 0 Å². The number of hydrogen-bond donors (Lipinski definition) is 1. The van der Waals surface area contributed by atoms with Crippen LogP contribution in [0.2, 0.25) is 0 Å². The summed E-state index contributed by atoms with van der Waals surface area (Å²) in [6, 6.07) is 6.14. The number of amides is 1. The van der Waals surface area contributed by atoms with Gasteiger partial charge in [0.25, 0.3) is 0 Å². The zero-order valence-electron chi connectivity index (χ0n) is 14.4. The SMILES string of the molecule is CCC(=O)NCc1cc(B2OC(C)(C)C(C)(C)O2)ccc1C. The van der Waals surface area contributed by atoms with Crippen LogP contribution in [0.15, 0.2) is 18.2 Å². The zero-order chi connectivity index (χ0) is 16.5. The minimum Gasteiger partial charge on any atom is -0.399 e. The maximum Gasteiger partial charge on any atom is 0.494 e. The molecule has 0 aromatic heterocycles. The lowest BCUT2D eigenvalue weighted by Gasteiger charge is -2.32. The molecule has 1 saturated heterocycles. The van der Waals surface area contributed by atoms with Gasteiger partial charge >= 0.3 is 7.12 Å². The van der Waals surface area contributed by atoms with Gasteiger partial charge in [0.15, 0.2) is 0 Å². The van der Waals surface area contributed by atoms with E-state index in [-0.39, 0.29) is 24.2 Å². The van der Waals surface area contributed by atoms with Crippen LogP contribution in [0.4, 0.5) is 0 Å². The number of benzene rings is 1. The molecule has 0 aliphatic carbocycles. The van der Waals surface area contributed by atoms with Crippen molar-refractivity contribution in [3.05, 3.63) is 29.3 Å². The summed E-state index contributed by atoms with van der Waals surface area (Å²) < 4.78 is 12.2. The molecule has 4 nitrogen and oxygen atoms in total. The molecular formula is C17H26BNO3. The molecule has 1 aromatic carbocycles. The molecule has 1 N–H and O–H groups in total. The van der Waals surface area contributed by atoms with Gasteiger partial charge in [-0.15, -0.1) is 0 Å². The van der Waals surface area contributed by atoms with E-state index in [1.54, 1.807) is 0 Å². The van der Waals surface area contributed by atoms with Crippen molar-refractivity contribution in [2.24, 2.45) is 0 Å². The highest BCUT2D eigenvalue weighted by Crippen LogP contribution is 2.36. The summed E-state index contributed by atoms with van der Waals surface area (Å²) in [7, 11) is -0.369. The Morgan fingerprint density at radius 1 is 1.18 bits per heavy atom. The summed E-state index contributed by atoms with van der Waals surface area (Å²) in [6.07, 6.45) is 0.496. The third kappa shape index (κ3) is 3.36. The van der Waals surface area contributed by atoms with Gasteiger partial charge in [-0.25, -0.2) is 0 Å². The Bertz CT molecular complexity index is 553. The topological polar surface area (TPSA) is 47.6 Å². The zero-order valence-corrected chi connectivity index (χ0v) is 14.4. The molecule has 1 aliphatic rings. The highest BCUT2D eigenvalue weighted by molar-refractivity contribution is 6.62. The van der Waals surface area contributed by atoms with Gasteiger partial charge in [-0.1, -0.05) is 25.1 Å². The van der Waals surface area contributed by atoms with E-state index >= 15 is 0 Å². The van der Waals surface area contributed by atoms with Crippen LogP contribution in [-0.4, -0.2) is 24.2 Å². The maximum absolute atomic E-state index is 11.4. The van der Waals surface area contributed by atoms with Crippen LogP contribution in [0.1, 0.15) is 52.2 Å². The van der Waals surface area contributed by atoms with Gasteiger partial charge in [0, 0.05) is 13.0 Å². The molecule has 22 heavy (non-hydrogen) atoms. The molecule has 1 aliphatic heterocycles. The highest BCUT2D eigenvalue weighted by Gasteiger charge is 2.51. The van der Waals surface area contributed by atoms with Crippen molar-refractivity contribution in [2.75, 3.05) is 0 Å². The molecule has 1 amide bonds. The number of aryl methyl sites for hydroxylation is 1. The molecule has 2 rings (SSSR count). The summed E-state index contributed by atoms with van der Waals surface area (Å²) in [4.78, 5) is 11.4. The van der Waals surface area contributed by atoms with Gasteiger partial charge in [-0.3, -0.25) is 4.79 Å². The Kier molecular flexibility index (Phi) is 4.69. The quantitative estimate of drug-likeness (QED) is 0.868. The summed E-state index contributed by atoms with van der Waals surface area (Å²) in [6.45, 7) is 12.6. The number of rotatable bonds is 4. The average molecular weight is 303 g/mol.